The molecule has 0 aliphatic heterocycles. The van der Waals surface area contributed by atoms with E-state index in [0.717, 1.165) is 4.47 Å². The Morgan fingerprint density at radius 1 is 1.00 bits per heavy atom. The summed E-state index contributed by atoms with van der Waals surface area (Å²) in [5.74, 6) is -0.0142. The molecule has 27 heavy (non-hydrogen) atoms. The normalized spacial score (nSPS) is 10.5. The van der Waals surface area contributed by atoms with Crippen molar-refractivity contribution in [2.45, 2.75) is 0 Å². The smallest absolute Gasteiger partial charge is 0.293 e. The molecule has 3 rings (SSSR count). The monoisotopic (exact) mass is 502 g/mol. The summed E-state index contributed by atoms with van der Waals surface area (Å²) in [6.07, 6.45) is 0. The van der Waals surface area contributed by atoms with Crippen LogP contribution in [0.2, 0.25) is 15.1 Å². The van der Waals surface area contributed by atoms with E-state index in [4.69, 9.17) is 51.4 Å². The number of thiocarbonyl (C=S) groups is 1. The predicted molar refractivity (Wildman–Crippen MR) is 117 cm³/mol. The molecule has 0 atom stereocenters. The number of nitrogens with one attached hydrogen (secondary N) is 2. The SMILES string of the molecule is O=C(NC(=S)Nc1ccc(Br)cc1Cl)c1ccc(-c2cc(Cl)ccc2Cl)o1. The van der Waals surface area contributed by atoms with Crippen molar-refractivity contribution in [1.82, 2.24) is 5.32 Å². The molecule has 3 aromatic rings. The van der Waals surface area contributed by atoms with Gasteiger partial charge in [0.1, 0.15) is 5.76 Å². The van der Waals surface area contributed by atoms with Gasteiger partial charge in [-0.15, -0.1) is 0 Å². The van der Waals surface area contributed by atoms with E-state index in [1.807, 2.05) is 0 Å². The summed E-state index contributed by atoms with van der Waals surface area (Å²) < 4.78 is 6.41. The molecular formula is C18H10BrCl3N2O2S. The Morgan fingerprint density at radius 3 is 2.52 bits per heavy atom. The second kappa shape index (κ2) is 8.63. The lowest BCUT2D eigenvalue weighted by Crippen LogP contribution is -2.33. The Morgan fingerprint density at radius 2 is 1.78 bits per heavy atom. The maximum atomic E-state index is 12.3. The van der Waals surface area contributed by atoms with E-state index in [0.29, 0.717) is 32.1 Å². The Kier molecular flexibility index (Phi) is 6.44. The fourth-order valence-electron chi connectivity index (χ4n) is 2.20. The molecule has 0 unspecified atom stereocenters. The van der Waals surface area contributed by atoms with Gasteiger partial charge in [0.15, 0.2) is 10.9 Å². The Hall–Kier alpha value is -1.57. The second-order valence-electron chi connectivity index (χ2n) is 5.32. The number of hydrogen-bond donors (Lipinski definition) is 2. The highest BCUT2D eigenvalue weighted by molar-refractivity contribution is 9.10. The van der Waals surface area contributed by atoms with Crippen LogP contribution < -0.4 is 10.6 Å². The van der Waals surface area contributed by atoms with Crippen LogP contribution in [-0.4, -0.2) is 11.0 Å². The molecule has 1 heterocycles. The lowest BCUT2D eigenvalue weighted by molar-refractivity contribution is 0.0951. The van der Waals surface area contributed by atoms with Gasteiger partial charge in [0.2, 0.25) is 0 Å². The van der Waals surface area contributed by atoms with E-state index in [1.165, 1.54) is 6.07 Å². The number of benzene rings is 2. The van der Waals surface area contributed by atoms with Crippen LogP contribution in [0.15, 0.2) is 57.4 Å². The number of halogens is 4. The summed E-state index contributed by atoms with van der Waals surface area (Å²) >= 11 is 26.7. The minimum Gasteiger partial charge on any atom is -0.451 e. The van der Waals surface area contributed by atoms with Crippen LogP contribution in [0.3, 0.4) is 0 Å². The quantitative estimate of drug-likeness (QED) is 0.386. The highest BCUT2D eigenvalue weighted by atomic mass is 79.9. The molecule has 0 radical (unpaired) electrons. The fraction of sp³-hybridized carbons (Fsp3) is 0. The number of anilines is 1. The van der Waals surface area contributed by atoms with Crippen molar-refractivity contribution >= 4 is 79.7 Å². The maximum Gasteiger partial charge on any atom is 0.293 e. The zero-order chi connectivity index (χ0) is 19.6. The van der Waals surface area contributed by atoms with Crippen molar-refractivity contribution in [2.24, 2.45) is 0 Å². The van der Waals surface area contributed by atoms with Crippen molar-refractivity contribution in [2.75, 3.05) is 5.32 Å². The van der Waals surface area contributed by atoms with Gasteiger partial charge in [0, 0.05) is 15.1 Å². The molecule has 2 N–H and O–H groups in total. The van der Waals surface area contributed by atoms with Gasteiger partial charge in [-0.3, -0.25) is 10.1 Å². The summed E-state index contributed by atoms with van der Waals surface area (Å²) in [6, 6.07) is 13.4. The van der Waals surface area contributed by atoms with E-state index >= 15 is 0 Å². The zero-order valence-corrected chi connectivity index (χ0v) is 18.0. The summed E-state index contributed by atoms with van der Waals surface area (Å²) in [7, 11) is 0. The van der Waals surface area contributed by atoms with Gasteiger partial charge in [0.25, 0.3) is 5.91 Å². The summed E-state index contributed by atoms with van der Waals surface area (Å²) in [5.41, 5.74) is 1.15. The third kappa shape index (κ3) is 5.03. The minimum atomic E-state index is -0.509. The van der Waals surface area contributed by atoms with Crippen molar-refractivity contribution in [1.29, 1.82) is 0 Å². The molecular weight excluding hydrogens is 495 g/mol. The lowest BCUT2D eigenvalue weighted by atomic mass is 10.2. The topological polar surface area (TPSA) is 54.3 Å². The van der Waals surface area contributed by atoms with Crippen LogP contribution in [0.1, 0.15) is 10.6 Å². The van der Waals surface area contributed by atoms with Crippen LogP contribution >= 0.6 is 63.0 Å². The molecule has 0 spiro atoms. The molecule has 138 valence electrons. The third-order valence-electron chi connectivity index (χ3n) is 3.43. The van der Waals surface area contributed by atoms with E-state index in [-0.39, 0.29) is 10.9 Å². The molecule has 0 aliphatic rings. The van der Waals surface area contributed by atoms with Crippen LogP contribution in [0.4, 0.5) is 5.69 Å². The number of hydrogen-bond acceptors (Lipinski definition) is 3. The van der Waals surface area contributed by atoms with E-state index < -0.39 is 5.91 Å². The lowest BCUT2D eigenvalue weighted by Gasteiger charge is -2.10. The van der Waals surface area contributed by atoms with Crippen LogP contribution in [-0.2, 0) is 0 Å². The largest absolute Gasteiger partial charge is 0.451 e. The third-order valence-corrected chi connectivity index (χ3v) is 5.00. The second-order valence-corrected chi connectivity index (χ2v) is 7.90. The van der Waals surface area contributed by atoms with Crippen LogP contribution in [0.25, 0.3) is 11.3 Å². The minimum absolute atomic E-state index is 0.0760. The number of carbonyl (C=O) groups excluding carboxylic acids is 1. The average molecular weight is 505 g/mol. The molecule has 2 aromatic carbocycles. The molecule has 4 nitrogen and oxygen atoms in total. The highest BCUT2D eigenvalue weighted by Crippen LogP contribution is 2.32. The Balaban J connectivity index is 1.70. The number of rotatable bonds is 3. The van der Waals surface area contributed by atoms with Gasteiger partial charge < -0.3 is 9.73 Å². The van der Waals surface area contributed by atoms with Crippen molar-refractivity contribution in [3.05, 3.63) is 73.8 Å². The van der Waals surface area contributed by atoms with Gasteiger partial charge in [-0.25, -0.2) is 0 Å². The standard InChI is InChI=1S/C18H10BrCl3N2O2S/c19-9-1-4-14(13(22)7-9)23-18(27)24-17(25)16-6-5-15(26-16)11-8-10(20)2-3-12(11)21/h1-8H,(H2,23,24,25,27). The van der Waals surface area contributed by atoms with Gasteiger partial charge in [0.05, 0.1) is 15.7 Å². The molecule has 0 saturated heterocycles. The van der Waals surface area contributed by atoms with Crippen LogP contribution in [0.5, 0.6) is 0 Å². The number of amides is 1. The van der Waals surface area contributed by atoms with Crippen molar-refractivity contribution in [3.63, 3.8) is 0 Å². The molecule has 0 bridgehead atoms. The molecule has 9 heteroatoms. The zero-order valence-electron chi connectivity index (χ0n) is 13.4. The molecule has 0 aliphatic carbocycles. The summed E-state index contributed by atoms with van der Waals surface area (Å²) in [4.78, 5) is 12.3. The van der Waals surface area contributed by atoms with Gasteiger partial charge in [-0.2, -0.15) is 0 Å². The number of carbonyl (C=O) groups is 1. The highest BCUT2D eigenvalue weighted by Gasteiger charge is 2.16. The summed E-state index contributed by atoms with van der Waals surface area (Å²) in [5, 5.41) is 6.91. The van der Waals surface area contributed by atoms with Gasteiger partial charge >= 0.3 is 0 Å². The molecule has 0 fully saturated rings. The van der Waals surface area contributed by atoms with E-state index in [2.05, 4.69) is 26.6 Å². The Labute approximate surface area is 183 Å². The maximum absolute atomic E-state index is 12.3. The van der Waals surface area contributed by atoms with Crippen molar-refractivity contribution < 1.29 is 9.21 Å². The first-order valence-electron chi connectivity index (χ1n) is 7.46. The van der Waals surface area contributed by atoms with Crippen molar-refractivity contribution in [3.8, 4) is 11.3 Å². The summed E-state index contributed by atoms with van der Waals surface area (Å²) in [6.45, 7) is 0. The predicted octanol–water partition coefficient (Wildman–Crippen LogP) is 6.80. The Bertz CT molecular complexity index is 1040. The van der Waals surface area contributed by atoms with E-state index in [9.17, 15) is 4.79 Å². The molecule has 0 saturated carbocycles. The fourth-order valence-corrected chi connectivity index (χ4v) is 3.51. The first-order valence-corrected chi connectivity index (χ1v) is 9.79. The average Bonchev–Trinajstić information content (AvgIpc) is 3.09. The first kappa shape index (κ1) is 20.2. The van der Waals surface area contributed by atoms with Gasteiger partial charge in [-0.1, -0.05) is 50.7 Å². The van der Waals surface area contributed by atoms with Crippen LogP contribution in [0, 0.1) is 0 Å². The number of furan rings is 1. The van der Waals surface area contributed by atoms with Gasteiger partial charge in [-0.05, 0) is 60.7 Å². The molecule has 1 aromatic heterocycles. The first-order chi connectivity index (χ1) is 12.8. The van der Waals surface area contributed by atoms with E-state index in [1.54, 1.807) is 42.5 Å². The molecule has 1 amide bonds.